The van der Waals surface area contributed by atoms with Gasteiger partial charge >= 0.3 is 0 Å². The zero-order chi connectivity index (χ0) is 20.2. The maximum absolute atomic E-state index is 12.4. The quantitative estimate of drug-likeness (QED) is 0.583. The topological polar surface area (TPSA) is 85.7 Å². The number of benzene rings is 2. The van der Waals surface area contributed by atoms with Gasteiger partial charge in [-0.15, -0.1) is 0 Å². The van der Waals surface area contributed by atoms with E-state index in [2.05, 4.69) is 26.7 Å². The number of aromatic hydroxyl groups is 1. The Balaban J connectivity index is 1.49. The monoisotopic (exact) mass is 409 g/mol. The predicted octanol–water partition coefficient (Wildman–Crippen LogP) is 2.70. The number of hydrogen-bond donors (Lipinski definition) is 3. The van der Waals surface area contributed by atoms with Crippen molar-refractivity contribution < 1.29 is 14.4 Å². The van der Waals surface area contributed by atoms with E-state index in [1.54, 1.807) is 18.3 Å². The molecule has 1 aliphatic rings. The average Bonchev–Trinajstić information content (AvgIpc) is 2.90. The number of phenolic OH excluding ortho intramolecular Hbond substituents is 1. The first-order chi connectivity index (χ1) is 14.1. The highest BCUT2D eigenvalue weighted by molar-refractivity contribution is 7.83. The van der Waals surface area contributed by atoms with Crippen LogP contribution in [0.1, 0.15) is 11.3 Å². The summed E-state index contributed by atoms with van der Waals surface area (Å²) in [5.74, 6) is 0.123. The van der Waals surface area contributed by atoms with Gasteiger partial charge in [-0.2, -0.15) is 0 Å². The molecule has 29 heavy (non-hydrogen) atoms. The van der Waals surface area contributed by atoms with Crippen LogP contribution in [-0.4, -0.2) is 38.6 Å². The fraction of sp³-hybridized carbons (Fsp3) is 0.227. The Labute approximate surface area is 172 Å². The largest absolute Gasteiger partial charge is 0.508 e. The third kappa shape index (κ3) is 4.48. The molecule has 2 unspecified atom stereocenters. The number of para-hydroxylation sites is 1. The van der Waals surface area contributed by atoms with Crippen LogP contribution in [0.4, 0.5) is 11.4 Å². The van der Waals surface area contributed by atoms with Crippen LogP contribution in [0, 0.1) is 0 Å². The summed E-state index contributed by atoms with van der Waals surface area (Å²) in [6, 6.07) is 18.3. The van der Waals surface area contributed by atoms with E-state index in [1.807, 2.05) is 24.3 Å². The van der Waals surface area contributed by atoms with Crippen molar-refractivity contribution in [1.29, 1.82) is 0 Å². The lowest BCUT2D eigenvalue weighted by molar-refractivity contribution is 0.187. The van der Waals surface area contributed by atoms with Crippen molar-refractivity contribution in [3.05, 3.63) is 78.1 Å². The maximum atomic E-state index is 12.4. The second kappa shape index (κ2) is 8.73. The second-order valence-electron chi connectivity index (χ2n) is 6.97. The van der Waals surface area contributed by atoms with Crippen LogP contribution in [0.2, 0.25) is 0 Å². The standard InChI is InChI=1S/C22H23N3O3S/c26-17-8-10-19(11-9-17)29(28)24-14-18(27)15-25-21-5-2-1-4-16(21)7-12-20-22(25)6-3-13-23-20/h1-6,8-11,13,18,24,26-27H,7,12,14-15H2. The van der Waals surface area contributed by atoms with Gasteiger partial charge < -0.3 is 15.1 Å². The van der Waals surface area contributed by atoms with Crippen LogP contribution >= 0.6 is 0 Å². The summed E-state index contributed by atoms with van der Waals surface area (Å²) in [6.45, 7) is 0.525. The van der Waals surface area contributed by atoms with Crippen molar-refractivity contribution in [2.45, 2.75) is 23.8 Å². The summed E-state index contributed by atoms with van der Waals surface area (Å²) >= 11 is 0. The lowest BCUT2D eigenvalue weighted by Crippen LogP contribution is -2.37. The zero-order valence-electron chi connectivity index (χ0n) is 15.9. The van der Waals surface area contributed by atoms with Gasteiger partial charge in [0.15, 0.2) is 0 Å². The van der Waals surface area contributed by atoms with E-state index in [9.17, 15) is 14.4 Å². The van der Waals surface area contributed by atoms with Gasteiger partial charge in [0.2, 0.25) is 0 Å². The molecule has 150 valence electrons. The molecule has 0 fully saturated rings. The van der Waals surface area contributed by atoms with E-state index < -0.39 is 17.1 Å². The number of phenols is 1. The molecule has 0 saturated heterocycles. The first kappa shape index (κ1) is 19.6. The maximum Gasteiger partial charge on any atom is 0.124 e. The minimum atomic E-state index is -1.46. The van der Waals surface area contributed by atoms with Crippen molar-refractivity contribution in [2.24, 2.45) is 0 Å². The summed E-state index contributed by atoms with van der Waals surface area (Å²) in [4.78, 5) is 7.18. The Morgan fingerprint density at radius 2 is 1.79 bits per heavy atom. The SMILES string of the molecule is O=S(NCC(O)CN1c2ccccc2CCc2ncccc21)c1ccc(O)cc1. The molecule has 4 rings (SSSR count). The van der Waals surface area contributed by atoms with Crippen molar-refractivity contribution in [3.8, 4) is 5.75 Å². The van der Waals surface area contributed by atoms with Gasteiger partial charge in [-0.3, -0.25) is 4.98 Å². The number of anilines is 2. The first-order valence-corrected chi connectivity index (χ1v) is 10.7. The minimum Gasteiger partial charge on any atom is -0.508 e. The average molecular weight is 410 g/mol. The van der Waals surface area contributed by atoms with Crippen LogP contribution in [0.5, 0.6) is 5.75 Å². The third-order valence-corrected chi connectivity index (χ3v) is 6.09. The molecule has 6 nitrogen and oxygen atoms in total. The molecular formula is C22H23N3O3S. The number of β-amino-alcohol motifs (C(OH)–C–C–N with tert-alkyl or cyclic N) is 1. The number of pyridine rings is 1. The Hall–Kier alpha value is -2.74. The number of nitrogens with one attached hydrogen (secondary N) is 1. The van der Waals surface area contributed by atoms with Crippen LogP contribution in [0.25, 0.3) is 0 Å². The van der Waals surface area contributed by atoms with Gasteiger partial charge in [0, 0.05) is 18.4 Å². The Morgan fingerprint density at radius 1 is 1.03 bits per heavy atom. The number of nitrogens with zero attached hydrogens (tertiary/aromatic N) is 2. The minimum absolute atomic E-state index is 0.123. The molecule has 1 aromatic heterocycles. The highest BCUT2D eigenvalue weighted by atomic mass is 32.2. The van der Waals surface area contributed by atoms with Gasteiger partial charge in [0.05, 0.1) is 28.9 Å². The Kier molecular flexibility index (Phi) is 5.89. The molecule has 3 aromatic rings. The molecule has 0 spiro atoms. The molecular weight excluding hydrogens is 386 g/mol. The van der Waals surface area contributed by atoms with E-state index in [-0.39, 0.29) is 12.3 Å². The van der Waals surface area contributed by atoms with Crippen LogP contribution in [-0.2, 0) is 23.8 Å². The zero-order valence-corrected chi connectivity index (χ0v) is 16.7. The molecule has 3 N–H and O–H groups in total. The number of hydrogen-bond acceptors (Lipinski definition) is 5. The van der Waals surface area contributed by atoms with Crippen molar-refractivity contribution in [3.63, 3.8) is 0 Å². The summed E-state index contributed by atoms with van der Waals surface area (Å²) in [6.07, 6.45) is 2.81. The molecule has 2 heterocycles. The summed E-state index contributed by atoms with van der Waals surface area (Å²) in [5.41, 5.74) is 4.30. The van der Waals surface area contributed by atoms with E-state index in [1.165, 1.54) is 17.7 Å². The second-order valence-corrected chi connectivity index (χ2v) is 8.27. The highest BCUT2D eigenvalue weighted by Crippen LogP contribution is 2.34. The van der Waals surface area contributed by atoms with E-state index >= 15 is 0 Å². The fourth-order valence-corrected chi connectivity index (χ4v) is 4.43. The highest BCUT2D eigenvalue weighted by Gasteiger charge is 2.23. The number of aliphatic hydroxyl groups excluding tert-OH is 1. The molecule has 0 amide bonds. The summed E-state index contributed by atoms with van der Waals surface area (Å²) in [7, 11) is -1.46. The number of aryl methyl sites for hydroxylation is 2. The van der Waals surface area contributed by atoms with Gasteiger partial charge in [0.25, 0.3) is 0 Å². The molecule has 0 saturated carbocycles. The summed E-state index contributed by atoms with van der Waals surface area (Å²) < 4.78 is 15.3. The number of fused-ring (bicyclic) bond motifs is 2. The molecule has 7 heteroatoms. The molecule has 0 bridgehead atoms. The lowest BCUT2D eigenvalue weighted by atomic mass is 10.1. The van der Waals surface area contributed by atoms with Crippen LogP contribution in [0.15, 0.2) is 71.8 Å². The molecule has 0 aliphatic carbocycles. The Bertz CT molecular complexity index is 963. The van der Waals surface area contributed by atoms with Gasteiger partial charge in [-0.1, -0.05) is 18.2 Å². The van der Waals surface area contributed by atoms with Crippen molar-refractivity contribution in [2.75, 3.05) is 18.0 Å². The smallest absolute Gasteiger partial charge is 0.124 e. The third-order valence-electron chi connectivity index (χ3n) is 4.96. The molecule has 0 radical (unpaired) electrons. The summed E-state index contributed by atoms with van der Waals surface area (Å²) in [5, 5.41) is 20.0. The predicted molar refractivity (Wildman–Crippen MR) is 114 cm³/mol. The van der Waals surface area contributed by atoms with Crippen molar-refractivity contribution >= 4 is 22.4 Å². The van der Waals surface area contributed by atoms with Crippen molar-refractivity contribution in [1.82, 2.24) is 9.71 Å². The van der Waals surface area contributed by atoms with Crippen LogP contribution < -0.4 is 9.62 Å². The van der Waals surface area contributed by atoms with E-state index in [0.29, 0.717) is 11.4 Å². The number of aliphatic hydroxyl groups is 1. The first-order valence-electron chi connectivity index (χ1n) is 9.53. The molecule has 2 atom stereocenters. The lowest BCUT2D eigenvalue weighted by Gasteiger charge is -2.28. The van der Waals surface area contributed by atoms with E-state index in [4.69, 9.17) is 0 Å². The van der Waals surface area contributed by atoms with Crippen LogP contribution in [0.3, 0.4) is 0 Å². The number of aromatic nitrogens is 1. The molecule has 1 aliphatic heterocycles. The van der Waals surface area contributed by atoms with Gasteiger partial charge in [-0.25, -0.2) is 8.93 Å². The fourth-order valence-electron chi connectivity index (χ4n) is 3.53. The van der Waals surface area contributed by atoms with Gasteiger partial charge in [0.1, 0.15) is 16.7 Å². The van der Waals surface area contributed by atoms with Gasteiger partial charge in [-0.05, 0) is 60.9 Å². The Morgan fingerprint density at radius 3 is 2.62 bits per heavy atom. The van der Waals surface area contributed by atoms with E-state index in [0.717, 1.165) is 29.9 Å². The normalized spacial score (nSPS) is 15.1. The molecule has 2 aromatic carbocycles. The number of rotatable bonds is 6.